The molecular formula is C10H9BrClNO2. The Labute approximate surface area is 101 Å². The average molecular weight is 291 g/mol. The van der Waals surface area contributed by atoms with E-state index >= 15 is 0 Å². The molecule has 15 heavy (non-hydrogen) atoms. The van der Waals surface area contributed by atoms with Gasteiger partial charge in [-0.1, -0.05) is 27.5 Å². The topological polar surface area (TPSA) is 64.2 Å². The summed E-state index contributed by atoms with van der Waals surface area (Å²) in [6, 6.07) is 6.75. The summed E-state index contributed by atoms with van der Waals surface area (Å²) in [4.78, 5) is 0. The first-order valence-electron chi connectivity index (χ1n) is 4.24. The molecule has 0 bridgehead atoms. The van der Waals surface area contributed by atoms with E-state index in [2.05, 4.69) is 15.9 Å². The third-order valence-electron chi connectivity index (χ3n) is 1.94. The van der Waals surface area contributed by atoms with Gasteiger partial charge in [0.05, 0.1) is 18.6 Å². The molecule has 2 atom stereocenters. The second kappa shape index (κ2) is 5.47. The lowest BCUT2D eigenvalue weighted by Crippen LogP contribution is -2.17. The van der Waals surface area contributed by atoms with Crippen LogP contribution in [0, 0.1) is 11.3 Å². The van der Waals surface area contributed by atoms with Gasteiger partial charge in [0.2, 0.25) is 0 Å². The summed E-state index contributed by atoms with van der Waals surface area (Å²) in [7, 11) is 0. The normalized spacial score (nSPS) is 14.3. The molecule has 1 aromatic rings. The van der Waals surface area contributed by atoms with Crippen molar-refractivity contribution in [2.24, 2.45) is 0 Å². The highest BCUT2D eigenvalue weighted by Gasteiger charge is 2.20. The Morgan fingerprint density at radius 1 is 1.47 bits per heavy atom. The van der Waals surface area contributed by atoms with Gasteiger partial charge in [0.15, 0.2) is 0 Å². The molecule has 0 heterocycles. The standard InChI is InChI=1S/C10H9BrClNO2/c11-6-1-2-8(12)7(5-6)10(15)9(14)3-4-13/h1-2,5,9-10,14-15H,3H2. The summed E-state index contributed by atoms with van der Waals surface area (Å²) in [5.41, 5.74) is 0.411. The van der Waals surface area contributed by atoms with Crippen molar-refractivity contribution in [2.45, 2.75) is 18.6 Å². The molecule has 5 heteroatoms. The Hall–Kier alpha value is -0.600. The molecule has 0 saturated carbocycles. The second-order valence-corrected chi connectivity index (χ2v) is 4.36. The Bertz CT molecular complexity index is 391. The van der Waals surface area contributed by atoms with Gasteiger partial charge in [-0.05, 0) is 18.2 Å². The number of hydrogen-bond donors (Lipinski definition) is 2. The van der Waals surface area contributed by atoms with Crippen molar-refractivity contribution in [1.29, 1.82) is 5.26 Å². The van der Waals surface area contributed by atoms with Crippen LogP contribution in [0.15, 0.2) is 22.7 Å². The van der Waals surface area contributed by atoms with Crippen LogP contribution in [0.4, 0.5) is 0 Å². The molecule has 0 amide bonds. The Kier molecular flexibility index (Phi) is 4.55. The molecule has 0 fully saturated rings. The lowest BCUT2D eigenvalue weighted by molar-refractivity contribution is 0.0216. The molecule has 80 valence electrons. The second-order valence-electron chi connectivity index (χ2n) is 3.04. The molecule has 0 saturated heterocycles. The molecule has 0 aliphatic heterocycles. The number of nitrogens with zero attached hydrogens (tertiary/aromatic N) is 1. The van der Waals surface area contributed by atoms with Gasteiger partial charge in [-0.3, -0.25) is 0 Å². The van der Waals surface area contributed by atoms with Gasteiger partial charge in [-0.25, -0.2) is 0 Å². The molecular weight excluding hydrogens is 281 g/mol. The van der Waals surface area contributed by atoms with Crippen LogP contribution in [0.1, 0.15) is 18.1 Å². The first-order valence-corrected chi connectivity index (χ1v) is 5.41. The van der Waals surface area contributed by atoms with Crippen LogP contribution in [0.3, 0.4) is 0 Å². The first-order chi connectivity index (χ1) is 7.06. The minimum Gasteiger partial charge on any atom is -0.389 e. The number of halogens is 2. The van der Waals surface area contributed by atoms with Crippen LogP contribution < -0.4 is 0 Å². The van der Waals surface area contributed by atoms with E-state index in [0.717, 1.165) is 4.47 Å². The smallest absolute Gasteiger partial charge is 0.107 e. The maximum Gasteiger partial charge on any atom is 0.107 e. The number of nitriles is 1. The van der Waals surface area contributed by atoms with Crippen molar-refractivity contribution in [1.82, 2.24) is 0 Å². The zero-order chi connectivity index (χ0) is 11.4. The fraction of sp³-hybridized carbons (Fsp3) is 0.300. The van der Waals surface area contributed by atoms with Crippen LogP contribution in [0.2, 0.25) is 5.02 Å². The molecule has 1 aromatic carbocycles. The molecule has 2 N–H and O–H groups in total. The summed E-state index contributed by atoms with van der Waals surface area (Å²) in [6.07, 6.45) is -2.40. The molecule has 0 spiro atoms. The SMILES string of the molecule is N#CCC(O)C(O)c1cc(Br)ccc1Cl. The highest BCUT2D eigenvalue weighted by molar-refractivity contribution is 9.10. The van der Waals surface area contributed by atoms with Crippen LogP contribution in [0.5, 0.6) is 0 Å². The number of benzene rings is 1. The summed E-state index contributed by atoms with van der Waals surface area (Å²) in [5, 5.41) is 27.9. The van der Waals surface area contributed by atoms with E-state index in [9.17, 15) is 10.2 Å². The van der Waals surface area contributed by atoms with Crippen LogP contribution >= 0.6 is 27.5 Å². The highest BCUT2D eigenvalue weighted by Crippen LogP contribution is 2.29. The van der Waals surface area contributed by atoms with Crippen molar-refractivity contribution >= 4 is 27.5 Å². The molecule has 0 radical (unpaired) electrons. The minimum atomic E-state index is -1.14. The third kappa shape index (κ3) is 3.18. The molecule has 2 unspecified atom stereocenters. The largest absolute Gasteiger partial charge is 0.389 e. The van der Waals surface area contributed by atoms with Gasteiger partial charge < -0.3 is 10.2 Å². The highest BCUT2D eigenvalue weighted by atomic mass is 79.9. The zero-order valence-corrected chi connectivity index (χ0v) is 10.0. The summed E-state index contributed by atoms with van der Waals surface area (Å²) >= 11 is 9.10. The van der Waals surface area contributed by atoms with Crippen LogP contribution in [0.25, 0.3) is 0 Å². The fourth-order valence-corrected chi connectivity index (χ4v) is 1.76. The van der Waals surface area contributed by atoms with Crippen molar-refractivity contribution < 1.29 is 10.2 Å². The lowest BCUT2D eigenvalue weighted by Gasteiger charge is -2.17. The van der Waals surface area contributed by atoms with Crippen molar-refractivity contribution in [3.63, 3.8) is 0 Å². The van der Waals surface area contributed by atoms with Gasteiger partial charge in [0, 0.05) is 15.1 Å². The maximum absolute atomic E-state index is 9.72. The van der Waals surface area contributed by atoms with Crippen molar-refractivity contribution in [3.8, 4) is 6.07 Å². The van der Waals surface area contributed by atoms with E-state index in [1.165, 1.54) is 0 Å². The minimum absolute atomic E-state index is 0.135. The van der Waals surface area contributed by atoms with E-state index in [0.29, 0.717) is 10.6 Å². The van der Waals surface area contributed by atoms with E-state index < -0.39 is 12.2 Å². The van der Waals surface area contributed by atoms with Crippen LogP contribution in [-0.2, 0) is 0 Å². The van der Waals surface area contributed by atoms with Gasteiger partial charge in [0.25, 0.3) is 0 Å². The quantitative estimate of drug-likeness (QED) is 0.898. The summed E-state index contributed by atoms with van der Waals surface area (Å²) in [6.45, 7) is 0. The molecule has 0 aliphatic carbocycles. The van der Waals surface area contributed by atoms with Gasteiger partial charge >= 0.3 is 0 Å². The molecule has 0 aliphatic rings. The Morgan fingerprint density at radius 3 is 2.73 bits per heavy atom. The predicted octanol–water partition coefficient (Wildman–Crippen LogP) is 2.41. The van der Waals surface area contributed by atoms with Gasteiger partial charge in [0.1, 0.15) is 6.10 Å². The lowest BCUT2D eigenvalue weighted by atomic mass is 10.0. The Morgan fingerprint density at radius 2 is 2.13 bits per heavy atom. The van der Waals surface area contributed by atoms with E-state index in [-0.39, 0.29) is 6.42 Å². The molecule has 1 rings (SSSR count). The maximum atomic E-state index is 9.72. The molecule has 0 aromatic heterocycles. The number of rotatable bonds is 3. The first kappa shape index (κ1) is 12.5. The molecule has 3 nitrogen and oxygen atoms in total. The number of hydrogen-bond acceptors (Lipinski definition) is 3. The van der Waals surface area contributed by atoms with Gasteiger partial charge in [-0.2, -0.15) is 5.26 Å². The average Bonchev–Trinajstić information content (AvgIpc) is 2.21. The zero-order valence-electron chi connectivity index (χ0n) is 7.69. The van der Waals surface area contributed by atoms with Gasteiger partial charge in [-0.15, -0.1) is 0 Å². The van der Waals surface area contributed by atoms with E-state index in [1.807, 2.05) is 0 Å². The van der Waals surface area contributed by atoms with E-state index in [1.54, 1.807) is 24.3 Å². The van der Waals surface area contributed by atoms with E-state index in [4.69, 9.17) is 16.9 Å². The third-order valence-corrected chi connectivity index (χ3v) is 2.78. The summed E-state index contributed by atoms with van der Waals surface area (Å²) < 4.78 is 0.755. The summed E-state index contributed by atoms with van der Waals surface area (Å²) in [5.74, 6) is 0. The Balaban J connectivity index is 2.95. The number of aliphatic hydroxyl groups is 2. The predicted molar refractivity (Wildman–Crippen MR) is 60.3 cm³/mol. The van der Waals surface area contributed by atoms with Crippen molar-refractivity contribution in [2.75, 3.05) is 0 Å². The van der Waals surface area contributed by atoms with Crippen molar-refractivity contribution in [3.05, 3.63) is 33.3 Å². The fourth-order valence-electron chi connectivity index (χ4n) is 1.15. The van der Waals surface area contributed by atoms with Crippen LogP contribution in [-0.4, -0.2) is 16.3 Å². The number of aliphatic hydroxyl groups excluding tert-OH is 2. The monoisotopic (exact) mass is 289 g/mol.